The molecule has 1 aromatic carbocycles. The van der Waals surface area contributed by atoms with E-state index in [1.807, 2.05) is 12.1 Å². The molecule has 1 fully saturated rings. The normalized spacial score (nSPS) is 15.9. The Morgan fingerprint density at radius 3 is 2.42 bits per heavy atom. The Bertz CT molecular complexity index is 470. The van der Waals surface area contributed by atoms with E-state index >= 15 is 0 Å². The Morgan fingerprint density at radius 1 is 1.26 bits per heavy atom. The molecule has 0 unspecified atom stereocenters. The summed E-state index contributed by atoms with van der Waals surface area (Å²) < 4.78 is 4.67. The number of benzene rings is 1. The fourth-order valence-electron chi connectivity index (χ4n) is 2.19. The Morgan fingerprint density at radius 2 is 1.89 bits per heavy atom. The van der Waals surface area contributed by atoms with Crippen LogP contribution in [0.3, 0.4) is 0 Å². The summed E-state index contributed by atoms with van der Waals surface area (Å²) in [5.41, 5.74) is 1.67. The number of piperazine rings is 1. The van der Waals surface area contributed by atoms with Gasteiger partial charge in [0.1, 0.15) is 0 Å². The van der Waals surface area contributed by atoms with Crippen LogP contribution in [0.15, 0.2) is 24.3 Å². The lowest BCUT2D eigenvalue weighted by Gasteiger charge is -2.34. The van der Waals surface area contributed by atoms with Crippen molar-refractivity contribution in [2.24, 2.45) is 0 Å². The lowest BCUT2D eigenvalue weighted by molar-refractivity contribution is 0.0601. The van der Waals surface area contributed by atoms with Gasteiger partial charge in [-0.2, -0.15) is 5.26 Å². The molecule has 1 aromatic rings. The van der Waals surface area contributed by atoms with Crippen LogP contribution >= 0.6 is 0 Å². The van der Waals surface area contributed by atoms with Crippen LogP contribution in [0.5, 0.6) is 0 Å². The van der Waals surface area contributed by atoms with E-state index in [1.165, 1.54) is 7.11 Å². The molecule has 1 heterocycles. The van der Waals surface area contributed by atoms with Gasteiger partial charge in [0.05, 0.1) is 25.3 Å². The van der Waals surface area contributed by atoms with Crippen molar-refractivity contribution in [1.29, 1.82) is 5.26 Å². The largest absolute Gasteiger partial charge is 0.465 e. The third kappa shape index (κ3) is 3.24. The molecule has 100 valence electrons. The Kier molecular flexibility index (Phi) is 4.37. The lowest BCUT2D eigenvalue weighted by Crippen LogP contribution is -2.46. The smallest absolute Gasteiger partial charge is 0.337 e. The predicted octanol–water partition coefficient (Wildman–Crippen LogP) is 1.12. The Balaban J connectivity index is 1.97. The molecule has 0 bridgehead atoms. The number of anilines is 1. The minimum absolute atomic E-state index is 0.314. The zero-order chi connectivity index (χ0) is 13.7. The van der Waals surface area contributed by atoms with E-state index in [0.29, 0.717) is 12.1 Å². The highest BCUT2D eigenvalue weighted by Crippen LogP contribution is 2.17. The first-order chi connectivity index (χ1) is 9.24. The Labute approximate surface area is 113 Å². The number of hydrogen-bond donors (Lipinski definition) is 0. The maximum atomic E-state index is 11.3. The van der Waals surface area contributed by atoms with Crippen LogP contribution in [-0.2, 0) is 4.74 Å². The standard InChI is InChI=1S/C14H17N3O2/c1-19-14(18)12-2-4-13(5-3-12)17-10-8-16(7-6-15)9-11-17/h2-5H,7-11H2,1H3. The molecule has 1 saturated heterocycles. The molecule has 0 atom stereocenters. The third-order valence-corrected chi connectivity index (χ3v) is 3.32. The summed E-state index contributed by atoms with van der Waals surface area (Å²) >= 11 is 0. The average Bonchev–Trinajstić information content (AvgIpc) is 2.48. The van der Waals surface area contributed by atoms with Gasteiger partial charge in [0.15, 0.2) is 0 Å². The molecular weight excluding hydrogens is 242 g/mol. The van der Waals surface area contributed by atoms with E-state index in [0.717, 1.165) is 31.9 Å². The van der Waals surface area contributed by atoms with Gasteiger partial charge in [-0.15, -0.1) is 0 Å². The predicted molar refractivity (Wildman–Crippen MR) is 72.0 cm³/mol. The average molecular weight is 259 g/mol. The molecule has 0 spiro atoms. The molecule has 0 amide bonds. The third-order valence-electron chi connectivity index (χ3n) is 3.32. The van der Waals surface area contributed by atoms with E-state index in [2.05, 4.69) is 20.6 Å². The van der Waals surface area contributed by atoms with Crippen molar-refractivity contribution in [3.63, 3.8) is 0 Å². The molecule has 0 aromatic heterocycles. The second-order valence-corrected chi connectivity index (χ2v) is 4.46. The number of rotatable bonds is 3. The highest BCUT2D eigenvalue weighted by Gasteiger charge is 2.17. The first-order valence-corrected chi connectivity index (χ1v) is 6.27. The van der Waals surface area contributed by atoms with Gasteiger partial charge < -0.3 is 9.64 Å². The van der Waals surface area contributed by atoms with Crippen molar-refractivity contribution < 1.29 is 9.53 Å². The van der Waals surface area contributed by atoms with Crippen molar-refractivity contribution in [2.45, 2.75) is 0 Å². The molecule has 2 rings (SSSR count). The minimum Gasteiger partial charge on any atom is -0.465 e. The van der Waals surface area contributed by atoms with Gasteiger partial charge in [-0.1, -0.05) is 0 Å². The maximum Gasteiger partial charge on any atom is 0.337 e. The Hall–Kier alpha value is -2.06. The van der Waals surface area contributed by atoms with Gasteiger partial charge in [0.2, 0.25) is 0 Å². The lowest BCUT2D eigenvalue weighted by atomic mass is 10.2. The van der Waals surface area contributed by atoms with Crippen molar-refractivity contribution in [3.05, 3.63) is 29.8 Å². The number of hydrogen-bond acceptors (Lipinski definition) is 5. The summed E-state index contributed by atoms with van der Waals surface area (Å²) in [6.07, 6.45) is 0. The van der Waals surface area contributed by atoms with Gasteiger partial charge in [-0.05, 0) is 24.3 Å². The molecule has 19 heavy (non-hydrogen) atoms. The fraction of sp³-hybridized carbons (Fsp3) is 0.429. The van der Waals surface area contributed by atoms with Gasteiger partial charge in [-0.25, -0.2) is 4.79 Å². The highest BCUT2D eigenvalue weighted by atomic mass is 16.5. The van der Waals surface area contributed by atoms with E-state index in [-0.39, 0.29) is 5.97 Å². The molecule has 0 saturated carbocycles. The van der Waals surface area contributed by atoms with Crippen molar-refractivity contribution in [3.8, 4) is 6.07 Å². The monoisotopic (exact) mass is 259 g/mol. The van der Waals surface area contributed by atoms with Gasteiger partial charge in [0.25, 0.3) is 0 Å². The van der Waals surface area contributed by atoms with Crippen LogP contribution in [0, 0.1) is 11.3 Å². The number of nitrogens with zero attached hydrogens (tertiary/aromatic N) is 3. The van der Waals surface area contributed by atoms with Crippen molar-refractivity contribution >= 4 is 11.7 Å². The van der Waals surface area contributed by atoms with Crippen LogP contribution in [-0.4, -0.2) is 50.7 Å². The molecule has 0 N–H and O–H groups in total. The van der Waals surface area contributed by atoms with Gasteiger partial charge in [0, 0.05) is 31.9 Å². The second-order valence-electron chi connectivity index (χ2n) is 4.46. The second kappa shape index (κ2) is 6.21. The summed E-state index contributed by atoms with van der Waals surface area (Å²) in [5.74, 6) is -0.314. The van der Waals surface area contributed by atoms with Crippen molar-refractivity contribution in [2.75, 3.05) is 44.7 Å². The van der Waals surface area contributed by atoms with E-state index in [4.69, 9.17) is 5.26 Å². The highest BCUT2D eigenvalue weighted by molar-refractivity contribution is 5.89. The molecule has 0 radical (unpaired) electrons. The summed E-state index contributed by atoms with van der Waals surface area (Å²) in [6.45, 7) is 4.09. The number of nitriles is 1. The number of methoxy groups -OCH3 is 1. The zero-order valence-electron chi connectivity index (χ0n) is 11.0. The summed E-state index contributed by atoms with van der Waals surface area (Å²) in [6, 6.07) is 9.61. The van der Waals surface area contributed by atoms with Crippen LogP contribution < -0.4 is 4.90 Å². The van der Waals surface area contributed by atoms with Gasteiger partial charge in [-0.3, -0.25) is 4.90 Å². The van der Waals surface area contributed by atoms with Crippen LogP contribution in [0.4, 0.5) is 5.69 Å². The molecule has 5 heteroatoms. The topological polar surface area (TPSA) is 56.6 Å². The molecule has 1 aliphatic rings. The molecule has 1 aliphatic heterocycles. The first-order valence-electron chi connectivity index (χ1n) is 6.27. The molecule has 0 aliphatic carbocycles. The molecule has 5 nitrogen and oxygen atoms in total. The number of carbonyl (C=O) groups is 1. The maximum absolute atomic E-state index is 11.3. The van der Waals surface area contributed by atoms with Crippen LogP contribution in [0.25, 0.3) is 0 Å². The van der Waals surface area contributed by atoms with Crippen LogP contribution in [0.1, 0.15) is 10.4 Å². The summed E-state index contributed by atoms with van der Waals surface area (Å²) in [7, 11) is 1.38. The van der Waals surface area contributed by atoms with Crippen LogP contribution in [0.2, 0.25) is 0 Å². The minimum atomic E-state index is -0.314. The fourth-order valence-corrected chi connectivity index (χ4v) is 2.19. The SMILES string of the molecule is COC(=O)c1ccc(N2CCN(CC#N)CC2)cc1. The van der Waals surface area contributed by atoms with Gasteiger partial charge >= 0.3 is 5.97 Å². The van der Waals surface area contributed by atoms with E-state index in [9.17, 15) is 4.79 Å². The summed E-state index contributed by atoms with van der Waals surface area (Å²) in [4.78, 5) is 15.7. The number of carbonyl (C=O) groups excluding carboxylic acids is 1. The zero-order valence-corrected chi connectivity index (χ0v) is 11.0. The van der Waals surface area contributed by atoms with E-state index < -0.39 is 0 Å². The summed E-state index contributed by atoms with van der Waals surface area (Å²) in [5, 5.41) is 8.66. The van der Waals surface area contributed by atoms with E-state index in [1.54, 1.807) is 12.1 Å². The van der Waals surface area contributed by atoms with Crippen molar-refractivity contribution in [1.82, 2.24) is 4.90 Å². The first kappa shape index (κ1) is 13.4. The molecular formula is C14H17N3O2. The number of esters is 1. The quantitative estimate of drug-likeness (QED) is 0.601. The number of ether oxygens (including phenoxy) is 1.